The molecule has 1 saturated heterocycles. The molecular formula is C29H31ClFN5O2. The Morgan fingerprint density at radius 2 is 2.03 bits per heavy atom. The van der Waals surface area contributed by atoms with Gasteiger partial charge < -0.3 is 21.1 Å². The first-order valence-electron chi connectivity index (χ1n) is 13.2. The molecule has 0 spiro atoms. The van der Waals surface area contributed by atoms with Gasteiger partial charge in [-0.05, 0) is 73.2 Å². The van der Waals surface area contributed by atoms with E-state index in [-0.39, 0.29) is 18.0 Å². The van der Waals surface area contributed by atoms with E-state index in [2.05, 4.69) is 20.9 Å². The Morgan fingerprint density at radius 1 is 1.21 bits per heavy atom. The number of carbonyl (C=O) groups is 1. The third-order valence-electron chi connectivity index (χ3n) is 7.98. The second-order valence-corrected chi connectivity index (χ2v) is 11.1. The fourth-order valence-corrected chi connectivity index (χ4v) is 5.79. The van der Waals surface area contributed by atoms with Gasteiger partial charge in [0, 0.05) is 40.9 Å². The van der Waals surface area contributed by atoms with Crippen LogP contribution in [-0.4, -0.2) is 46.3 Å². The Labute approximate surface area is 226 Å². The second-order valence-electron chi connectivity index (χ2n) is 10.6. The summed E-state index contributed by atoms with van der Waals surface area (Å²) >= 11 is 5.96. The molecule has 38 heavy (non-hydrogen) atoms. The molecule has 1 aromatic heterocycles. The molecule has 0 radical (unpaired) electrons. The van der Waals surface area contributed by atoms with Crippen molar-refractivity contribution in [2.24, 2.45) is 5.92 Å². The minimum atomic E-state index is -0.636. The van der Waals surface area contributed by atoms with Crippen molar-refractivity contribution >= 4 is 34.6 Å². The van der Waals surface area contributed by atoms with Crippen molar-refractivity contribution in [1.29, 1.82) is 0 Å². The molecule has 0 bridgehead atoms. The molecule has 2 aromatic carbocycles. The predicted molar refractivity (Wildman–Crippen MR) is 147 cm³/mol. The number of pyridine rings is 1. The number of nitrogens with zero attached hydrogens (tertiary/aromatic N) is 2. The molecule has 9 heteroatoms. The van der Waals surface area contributed by atoms with Gasteiger partial charge >= 0.3 is 0 Å². The summed E-state index contributed by atoms with van der Waals surface area (Å²) < 4.78 is 15.0. The number of aliphatic hydroxyl groups is 1. The Kier molecular flexibility index (Phi) is 6.72. The van der Waals surface area contributed by atoms with Crippen molar-refractivity contribution in [3.63, 3.8) is 0 Å². The van der Waals surface area contributed by atoms with Crippen molar-refractivity contribution in [1.82, 2.24) is 9.88 Å². The number of hydrogen-bond donors (Lipinski definition) is 4. The highest BCUT2D eigenvalue weighted by molar-refractivity contribution is 6.30. The van der Waals surface area contributed by atoms with E-state index in [0.29, 0.717) is 18.2 Å². The van der Waals surface area contributed by atoms with Crippen LogP contribution >= 0.6 is 11.6 Å². The number of hydrogen-bond acceptors (Lipinski definition) is 6. The van der Waals surface area contributed by atoms with Gasteiger partial charge in [-0.25, -0.2) is 4.39 Å². The average Bonchev–Trinajstić information content (AvgIpc) is 3.65. The quantitative estimate of drug-likeness (QED) is 0.302. The number of benzene rings is 2. The number of amides is 1. The number of likely N-dealkylation sites (tertiary alicyclic amines) is 1. The Bertz CT molecular complexity index is 1330. The van der Waals surface area contributed by atoms with Gasteiger partial charge in [-0.2, -0.15) is 0 Å². The number of halogens is 2. The lowest BCUT2D eigenvalue weighted by molar-refractivity contribution is -0.120. The van der Waals surface area contributed by atoms with Crippen molar-refractivity contribution in [3.8, 4) is 0 Å². The standard InChI is InChI=1S/C29H31ClFN5O2/c30-20-4-6-21(7-5-20)33-17-36-16-22(37)14-27(36)28(38)34-26-13-19(3-8-24(26)31)29(11-9-18-1-2-18)23-15-32-12-10-25(23)35-29/h3-8,10,12-13,15,18,22,27,33,35,37H,1-2,9,11,14,16-17H2,(H,34,38)/t22-,27-,29?/m1/s1. The van der Waals surface area contributed by atoms with Gasteiger partial charge in [0.05, 0.1) is 30.0 Å². The normalized spacial score (nSPS) is 24.3. The van der Waals surface area contributed by atoms with Crippen LogP contribution in [0.4, 0.5) is 21.5 Å². The number of fused-ring (bicyclic) bond motifs is 1. The lowest BCUT2D eigenvalue weighted by Crippen LogP contribution is -2.45. The lowest BCUT2D eigenvalue weighted by atomic mass is 9.73. The molecule has 6 rings (SSSR count). The van der Waals surface area contributed by atoms with Gasteiger partial charge in [0.15, 0.2) is 0 Å². The Balaban J connectivity index is 1.19. The zero-order valence-corrected chi connectivity index (χ0v) is 21.7. The van der Waals surface area contributed by atoms with Gasteiger partial charge in [-0.15, -0.1) is 0 Å². The summed E-state index contributed by atoms with van der Waals surface area (Å²) in [5.74, 6) is -0.0870. The van der Waals surface area contributed by atoms with Crippen molar-refractivity contribution in [2.75, 3.05) is 29.2 Å². The molecule has 1 aliphatic carbocycles. The summed E-state index contributed by atoms with van der Waals surface area (Å²) in [6.07, 6.45) is 7.77. The fraction of sp³-hybridized carbons (Fsp3) is 0.379. The van der Waals surface area contributed by atoms with Crippen molar-refractivity contribution in [3.05, 3.63) is 82.9 Å². The van der Waals surface area contributed by atoms with Crippen molar-refractivity contribution < 1.29 is 14.3 Å². The first-order valence-corrected chi connectivity index (χ1v) is 13.5. The number of nitrogens with one attached hydrogen (secondary N) is 3. The highest BCUT2D eigenvalue weighted by Gasteiger charge is 2.45. The summed E-state index contributed by atoms with van der Waals surface area (Å²) in [6, 6.07) is 13.6. The van der Waals surface area contributed by atoms with Crippen LogP contribution < -0.4 is 16.0 Å². The number of β-amino-alcohol motifs (C(OH)–C–C–N with tert-alkyl or cyclic N) is 1. The van der Waals surface area contributed by atoms with Gasteiger partial charge in [0.1, 0.15) is 5.82 Å². The van der Waals surface area contributed by atoms with E-state index in [1.807, 2.05) is 29.3 Å². The highest BCUT2D eigenvalue weighted by atomic mass is 35.5. The summed E-state index contributed by atoms with van der Waals surface area (Å²) in [7, 11) is 0. The minimum Gasteiger partial charge on any atom is -0.392 e. The first kappa shape index (κ1) is 25.1. The third-order valence-corrected chi connectivity index (χ3v) is 8.24. The minimum absolute atomic E-state index is 0.143. The molecule has 2 fully saturated rings. The van der Waals surface area contributed by atoms with Crippen LogP contribution in [0.1, 0.15) is 43.2 Å². The summed E-state index contributed by atoms with van der Waals surface area (Å²) in [5.41, 5.74) is 3.59. The summed E-state index contributed by atoms with van der Waals surface area (Å²) in [5, 5.41) is 20.6. The number of carbonyl (C=O) groups excluding carboxylic acids is 1. The van der Waals surface area contributed by atoms with Crippen LogP contribution in [0.5, 0.6) is 0 Å². The third kappa shape index (κ3) is 4.96. The van der Waals surface area contributed by atoms with Gasteiger partial charge in [-0.1, -0.05) is 30.5 Å². The Morgan fingerprint density at radius 3 is 2.79 bits per heavy atom. The molecule has 3 heterocycles. The van der Waals surface area contributed by atoms with Gasteiger partial charge in [-0.3, -0.25) is 14.7 Å². The SMILES string of the molecule is O=C(Nc1cc(C2(CCC3CC3)Nc3ccncc32)ccc1F)[C@H]1C[C@@H](O)CN1CNc1ccc(Cl)cc1. The smallest absolute Gasteiger partial charge is 0.241 e. The summed E-state index contributed by atoms with van der Waals surface area (Å²) in [4.78, 5) is 19.5. The molecule has 1 amide bonds. The van der Waals surface area contributed by atoms with Crippen LogP contribution in [-0.2, 0) is 10.3 Å². The topological polar surface area (TPSA) is 89.5 Å². The molecule has 3 atom stereocenters. The van der Waals surface area contributed by atoms with Crippen LogP contribution in [0.2, 0.25) is 5.02 Å². The molecule has 3 aromatic rings. The van der Waals surface area contributed by atoms with Gasteiger partial charge in [0.2, 0.25) is 5.91 Å². The molecule has 2 aliphatic heterocycles. The number of anilines is 3. The molecule has 1 unspecified atom stereocenters. The van der Waals surface area contributed by atoms with Crippen LogP contribution in [0.3, 0.4) is 0 Å². The first-order chi connectivity index (χ1) is 18.4. The maximum atomic E-state index is 15.0. The van der Waals surface area contributed by atoms with E-state index < -0.39 is 23.5 Å². The molecule has 7 nitrogen and oxygen atoms in total. The number of aliphatic hydroxyl groups excluding tert-OH is 1. The van der Waals surface area contributed by atoms with E-state index in [1.165, 1.54) is 18.9 Å². The maximum Gasteiger partial charge on any atom is 0.241 e. The van der Waals surface area contributed by atoms with E-state index in [0.717, 1.165) is 41.3 Å². The lowest BCUT2D eigenvalue weighted by Gasteiger charge is -2.46. The monoisotopic (exact) mass is 535 g/mol. The molecular weight excluding hydrogens is 505 g/mol. The zero-order valence-electron chi connectivity index (χ0n) is 21.0. The molecule has 198 valence electrons. The van der Waals surface area contributed by atoms with E-state index in [1.54, 1.807) is 30.5 Å². The molecule has 4 N–H and O–H groups in total. The zero-order chi connectivity index (χ0) is 26.3. The highest BCUT2D eigenvalue weighted by Crippen LogP contribution is 2.51. The fourth-order valence-electron chi connectivity index (χ4n) is 5.66. The maximum absolute atomic E-state index is 15.0. The number of aromatic nitrogens is 1. The molecule has 3 aliphatic rings. The predicted octanol–water partition coefficient (Wildman–Crippen LogP) is 5.18. The van der Waals surface area contributed by atoms with E-state index in [9.17, 15) is 14.3 Å². The van der Waals surface area contributed by atoms with Gasteiger partial charge in [0.25, 0.3) is 0 Å². The summed E-state index contributed by atoms with van der Waals surface area (Å²) in [6.45, 7) is 0.705. The average molecular weight is 536 g/mol. The number of rotatable bonds is 9. The molecule has 1 saturated carbocycles. The largest absolute Gasteiger partial charge is 0.392 e. The van der Waals surface area contributed by atoms with E-state index in [4.69, 9.17) is 11.6 Å². The van der Waals surface area contributed by atoms with Crippen molar-refractivity contribution in [2.45, 2.75) is 49.8 Å². The second kappa shape index (κ2) is 10.2. The van der Waals surface area contributed by atoms with Crippen LogP contribution in [0, 0.1) is 11.7 Å². The van der Waals surface area contributed by atoms with Crippen LogP contribution in [0.15, 0.2) is 60.9 Å². The Hall–Kier alpha value is -3.20. The van der Waals surface area contributed by atoms with Crippen LogP contribution in [0.25, 0.3) is 0 Å². The van der Waals surface area contributed by atoms with E-state index >= 15 is 0 Å².